The molecule has 2 aromatic rings. The van der Waals surface area contributed by atoms with Gasteiger partial charge in [0.2, 0.25) is 5.91 Å². The Bertz CT molecular complexity index is 861. The third kappa shape index (κ3) is 6.98. The van der Waals surface area contributed by atoms with Gasteiger partial charge >= 0.3 is 0 Å². The van der Waals surface area contributed by atoms with E-state index in [-0.39, 0.29) is 23.3 Å². The van der Waals surface area contributed by atoms with Crippen LogP contribution in [-0.4, -0.2) is 34.9 Å². The normalized spacial score (nSPS) is 10.3. The minimum absolute atomic E-state index is 0.00635. The Morgan fingerprint density at radius 2 is 1.69 bits per heavy atom. The molecule has 0 bridgehead atoms. The zero-order chi connectivity index (χ0) is 21.2. The number of carbonyl (C=O) groups excluding carboxylic acids is 2. The summed E-state index contributed by atoms with van der Waals surface area (Å²) in [4.78, 5) is 26.9. The molecule has 6 heteroatoms. The van der Waals surface area contributed by atoms with Gasteiger partial charge in [0.1, 0.15) is 0 Å². The Balaban J connectivity index is 1.98. The minimum Gasteiger partial charge on any atom is -0.339 e. The maximum Gasteiger partial charge on any atom is 0.253 e. The maximum atomic E-state index is 12.8. The fraction of sp³-hybridized carbons (Fsp3) is 0.348. The van der Waals surface area contributed by atoms with E-state index in [1.807, 2.05) is 48.2 Å². The highest BCUT2D eigenvalue weighted by molar-refractivity contribution is 7.80. The van der Waals surface area contributed by atoms with Crippen LogP contribution in [0.2, 0.25) is 0 Å². The van der Waals surface area contributed by atoms with Crippen molar-refractivity contribution in [2.45, 2.75) is 40.0 Å². The predicted molar refractivity (Wildman–Crippen MR) is 122 cm³/mol. The van der Waals surface area contributed by atoms with Crippen LogP contribution in [0, 0.1) is 6.92 Å². The summed E-state index contributed by atoms with van der Waals surface area (Å²) in [5.41, 5.74) is 3.31. The number of amides is 2. The maximum absolute atomic E-state index is 12.8. The topological polar surface area (TPSA) is 61.4 Å². The molecule has 0 fully saturated rings. The van der Waals surface area contributed by atoms with Crippen molar-refractivity contribution in [1.29, 1.82) is 0 Å². The molecular formula is C23H29N3O2S. The van der Waals surface area contributed by atoms with Crippen LogP contribution in [0.15, 0.2) is 48.5 Å². The number of nitrogens with one attached hydrogen (secondary N) is 2. The lowest BCUT2D eigenvalue weighted by Crippen LogP contribution is -2.35. The average Bonchev–Trinajstić information content (AvgIpc) is 2.69. The van der Waals surface area contributed by atoms with Crippen molar-refractivity contribution in [3.05, 3.63) is 65.2 Å². The molecule has 0 heterocycles. The zero-order valence-corrected chi connectivity index (χ0v) is 18.1. The van der Waals surface area contributed by atoms with Crippen LogP contribution in [0.5, 0.6) is 0 Å². The van der Waals surface area contributed by atoms with E-state index in [4.69, 9.17) is 12.2 Å². The van der Waals surface area contributed by atoms with Gasteiger partial charge in [-0.25, -0.2) is 0 Å². The Morgan fingerprint density at radius 3 is 2.34 bits per heavy atom. The van der Waals surface area contributed by atoms with Crippen LogP contribution >= 0.6 is 12.2 Å². The summed E-state index contributed by atoms with van der Waals surface area (Å²) in [6, 6.07) is 14.9. The Kier molecular flexibility index (Phi) is 8.80. The average molecular weight is 412 g/mol. The van der Waals surface area contributed by atoms with Crippen molar-refractivity contribution in [2.24, 2.45) is 0 Å². The zero-order valence-electron chi connectivity index (χ0n) is 17.3. The smallest absolute Gasteiger partial charge is 0.253 e. The fourth-order valence-electron chi connectivity index (χ4n) is 3.08. The van der Waals surface area contributed by atoms with Crippen molar-refractivity contribution in [2.75, 3.05) is 18.4 Å². The molecule has 0 unspecified atom stereocenters. The highest BCUT2D eigenvalue weighted by atomic mass is 32.1. The van der Waals surface area contributed by atoms with Gasteiger partial charge in [-0.2, -0.15) is 0 Å². The molecule has 29 heavy (non-hydrogen) atoms. The van der Waals surface area contributed by atoms with E-state index < -0.39 is 0 Å². The van der Waals surface area contributed by atoms with E-state index in [2.05, 4.69) is 24.5 Å². The third-order valence-electron chi connectivity index (χ3n) is 4.51. The fourth-order valence-corrected chi connectivity index (χ4v) is 3.31. The Labute approximate surface area is 178 Å². The van der Waals surface area contributed by atoms with Crippen molar-refractivity contribution in [1.82, 2.24) is 10.2 Å². The molecule has 0 atom stereocenters. The first-order valence-electron chi connectivity index (χ1n) is 9.99. The highest BCUT2D eigenvalue weighted by Crippen LogP contribution is 2.14. The van der Waals surface area contributed by atoms with Crippen LogP contribution in [-0.2, 0) is 11.2 Å². The second-order valence-electron chi connectivity index (χ2n) is 6.98. The predicted octanol–water partition coefficient (Wildman–Crippen LogP) is 4.31. The summed E-state index contributed by atoms with van der Waals surface area (Å²) in [5, 5.41) is 5.92. The number of hydrogen-bond acceptors (Lipinski definition) is 3. The number of benzene rings is 2. The number of aryl methyl sites for hydroxylation is 1. The molecule has 0 spiro atoms. The van der Waals surface area contributed by atoms with Crippen LogP contribution in [0.4, 0.5) is 5.69 Å². The molecule has 0 saturated carbocycles. The molecule has 2 aromatic carbocycles. The van der Waals surface area contributed by atoms with Gasteiger partial charge in [0, 0.05) is 24.3 Å². The van der Waals surface area contributed by atoms with Gasteiger partial charge in [0.05, 0.1) is 6.42 Å². The number of anilines is 1. The van der Waals surface area contributed by atoms with E-state index in [0.29, 0.717) is 11.3 Å². The molecule has 0 aromatic heterocycles. The molecule has 0 aliphatic rings. The summed E-state index contributed by atoms with van der Waals surface area (Å²) in [7, 11) is 0. The van der Waals surface area contributed by atoms with Crippen molar-refractivity contribution in [3.8, 4) is 0 Å². The second kappa shape index (κ2) is 11.3. The molecule has 5 nitrogen and oxygen atoms in total. The van der Waals surface area contributed by atoms with Gasteiger partial charge in [-0.15, -0.1) is 0 Å². The monoisotopic (exact) mass is 411 g/mol. The number of carbonyl (C=O) groups is 2. The van der Waals surface area contributed by atoms with Gasteiger partial charge in [-0.05, 0) is 61.3 Å². The molecule has 0 radical (unpaired) electrons. The number of hydrogen-bond donors (Lipinski definition) is 2. The Hall–Kier alpha value is -2.73. The molecule has 0 aliphatic heterocycles. The van der Waals surface area contributed by atoms with Crippen LogP contribution in [0.25, 0.3) is 0 Å². The lowest BCUT2D eigenvalue weighted by Gasteiger charge is -2.21. The highest BCUT2D eigenvalue weighted by Gasteiger charge is 2.15. The summed E-state index contributed by atoms with van der Waals surface area (Å²) < 4.78 is 0. The van der Waals surface area contributed by atoms with Gasteiger partial charge < -0.3 is 15.5 Å². The standard InChI is InChI=1S/C23H29N3O2S/c1-4-13-26(14-5-2)22(28)19-11-8-12-20(15-19)24-23(29)25-21(27)16-18-10-7-6-9-17(18)3/h6-12,15H,4-5,13-14,16H2,1-3H3,(H2,24,25,27,29). The van der Waals surface area contributed by atoms with E-state index >= 15 is 0 Å². The SMILES string of the molecule is CCCN(CCC)C(=O)c1cccc(NC(=S)NC(=O)Cc2ccccc2C)c1. The first kappa shape index (κ1) is 22.6. The summed E-state index contributed by atoms with van der Waals surface area (Å²) in [6.45, 7) is 7.56. The molecule has 0 saturated heterocycles. The van der Waals surface area contributed by atoms with Gasteiger partial charge in [0.25, 0.3) is 5.91 Å². The van der Waals surface area contributed by atoms with E-state index in [0.717, 1.165) is 37.1 Å². The molecular weight excluding hydrogens is 382 g/mol. The lowest BCUT2D eigenvalue weighted by atomic mass is 10.1. The van der Waals surface area contributed by atoms with Crippen LogP contribution in [0.1, 0.15) is 48.2 Å². The summed E-state index contributed by atoms with van der Waals surface area (Å²) in [5.74, 6) is -0.173. The van der Waals surface area contributed by atoms with E-state index in [1.165, 1.54) is 0 Å². The molecule has 154 valence electrons. The largest absolute Gasteiger partial charge is 0.339 e. The third-order valence-corrected chi connectivity index (χ3v) is 4.71. The van der Waals surface area contributed by atoms with Gasteiger partial charge in [-0.3, -0.25) is 9.59 Å². The van der Waals surface area contributed by atoms with Gasteiger partial charge in [0.15, 0.2) is 5.11 Å². The lowest BCUT2D eigenvalue weighted by molar-refractivity contribution is -0.119. The summed E-state index contributed by atoms with van der Waals surface area (Å²) >= 11 is 5.27. The van der Waals surface area contributed by atoms with Crippen molar-refractivity contribution < 1.29 is 9.59 Å². The molecule has 2 N–H and O–H groups in total. The first-order valence-corrected chi connectivity index (χ1v) is 10.4. The molecule has 2 rings (SSSR count). The van der Waals surface area contributed by atoms with Gasteiger partial charge in [-0.1, -0.05) is 44.2 Å². The van der Waals surface area contributed by atoms with E-state index in [1.54, 1.807) is 12.1 Å². The number of nitrogens with zero attached hydrogens (tertiary/aromatic N) is 1. The molecule has 0 aliphatic carbocycles. The minimum atomic E-state index is -0.180. The van der Waals surface area contributed by atoms with Crippen LogP contribution in [0.3, 0.4) is 0 Å². The molecule has 2 amide bonds. The van der Waals surface area contributed by atoms with Crippen molar-refractivity contribution >= 4 is 34.8 Å². The second-order valence-corrected chi connectivity index (χ2v) is 7.39. The first-order chi connectivity index (χ1) is 13.9. The van der Waals surface area contributed by atoms with Crippen LogP contribution < -0.4 is 10.6 Å². The number of rotatable bonds is 8. The summed E-state index contributed by atoms with van der Waals surface area (Å²) in [6.07, 6.45) is 2.09. The Morgan fingerprint density at radius 1 is 1.00 bits per heavy atom. The quantitative estimate of drug-likeness (QED) is 0.636. The van der Waals surface area contributed by atoms with Crippen molar-refractivity contribution in [3.63, 3.8) is 0 Å². The number of thiocarbonyl (C=S) groups is 1. The van der Waals surface area contributed by atoms with E-state index in [9.17, 15) is 9.59 Å².